The van der Waals surface area contributed by atoms with Crippen LogP contribution in [0.15, 0.2) is 12.1 Å². The molecule has 1 aromatic rings. The van der Waals surface area contributed by atoms with E-state index >= 15 is 0 Å². The predicted molar refractivity (Wildman–Crippen MR) is 104 cm³/mol. The second kappa shape index (κ2) is 8.29. The van der Waals surface area contributed by atoms with E-state index in [4.69, 9.17) is 0 Å². The predicted octanol–water partition coefficient (Wildman–Crippen LogP) is 2.85. The SMILES string of the molecule is CC.CC1CCN(c2cc(F)cc3c2CN(C2CCC(=O)NC2=O)C3=O)CC1. The molecule has 3 aliphatic heterocycles. The first-order valence-corrected chi connectivity index (χ1v) is 10.2. The van der Waals surface area contributed by atoms with Crippen LogP contribution in [0.3, 0.4) is 0 Å². The van der Waals surface area contributed by atoms with Crippen LogP contribution in [0, 0.1) is 11.7 Å². The van der Waals surface area contributed by atoms with Gasteiger partial charge < -0.3 is 9.80 Å². The summed E-state index contributed by atoms with van der Waals surface area (Å²) in [5.74, 6) is -0.883. The quantitative estimate of drug-likeness (QED) is 0.790. The molecule has 1 unspecified atom stereocenters. The third kappa shape index (κ3) is 3.75. The molecule has 7 heteroatoms. The molecule has 0 saturated carbocycles. The average molecular weight is 389 g/mol. The molecule has 0 aromatic heterocycles. The van der Waals surface area contributed by atoms with Gasteiger partial charge in [0.2, 0.25) is 11.8 Å². The summed E-state index contributed by atoms with van der Waals surface area (Å²) in [7, 11) is 0. The van der Waals surface area contributed by atoms with Crippen molar-refractivity contribution in [2.75, 3.05) is 18.0 Å². The van der Waals surface area contributed by atoms with Crippen molar-refractivity contribution in [3.63, 3.8) is 0 Å². The van der Waals surface area contributed by atoms with Crippen LogP contribution in [-0.2, 0) is 16.1 Å². The second-order valence-corrected chi connectivity index (χ2v) is 7.52. The lowest BCUT2D eigenvalue weighted by Gasteiger charge is -2.33. The Balaban J connectivity index is 0.00000109. The molecule has 0 bridgehead atoms. The van der Waals surface area contributed by atoms with Crippen molar-refractivity contribution in [3.8, 4) is 0 Å². The molecular formula is C21H28FN3O3. The smallest absolute Gasteiger partial charge is 0.255 e. The lowest BCUT2D eigenvalue weighted by Crippen LogP contribution is -2.52. The van der Waals surface area contributed by atoms with Gasteiger partial charge in [0.1, 0.15) is 11.9 Å². The highest BCUT2D eigenvalue weighted by Gasteiger charge is 2.40. The number of imide groups is 1. The zero-order valence-electron chi connectivity index (χ0n) is 16.8. The van der Waals surface area contributed by atoms with E-state index in [-0.39, 0.29) is 24.8 Å². The van der Waals surface area contributed by atoms with Gasteiger partial charge in [-0.25, -0.2) is 4.39 Å². The van der Waals surface area contributed by atoms with E-state index in [2.05, 4.69) is 17.1 Å². The molecule has 0 radical (unpaired) electrons. The highest BCUT2D eigenvalue weighted by atomic mass is 19.1. The fourth-order valence-corrected chi connectivity index (χ4v) is 4.14. The van der Waals surface area contributed by atoms with E-state index in [1.54, 1.807) is 0 Å². The molecule has 3 aliphatic rings. The summed E-state index contributed by atoms with van der Waals surface area (Å²) >= 11 is 0. The maximum absolute atomic E-state index is 14.2. The molecule has 28 heavy (non-hydrogen) atoms. The third-order valence-corrected chi connectivity index (χ3v) is 5.72. The number of benzene rings is 1. The Hall–Kier alpha value is -2.44. The Labute approximate surface area is 165 Å². The summed E-state index contributed by atoms with van der Waals surface area (Å²) < 4.78 is 14.2. The van der Waals surface area contributed by atoms with Gasteiger partial charge in [-0.2, -0.15) is 0 Å². The number of carbonyl (C=O) groups excluding carboxylic acids is 3. The average Bonchev–Trinajstić information content (AvgIpc) is 3.00. The zero-order valence-corrected chi connectivity index (χ0v) is 16.8. The molecule has 1 atom stereocenters. The van der Waals surface area contributed by atoms with Crippen LogP contribution in [0.25, 0.3) is 0 Å². The van der Waals surface area contributed by atoms with Gasteiger partial charge in [-0.1, -0.05) is 20.8 Å². The summed E-state index contributed by atoms with van der Waals surface area (Å²) in [5, 5.41) is 2.29. The fourth-order valence-electron chi connectivity index (χ4n) is 4.14. The number of halogens is 1. The number of anilines is 1. The number of nitrogens with zero attached hydrogens (tertiary/aromatic N) is 2. The molecule has 152 valence electrons. The van der Waals surface area contributed by atoms with Crippen LogP contribution in [0.5, 0.6) is 0 Å². The molecule has 6 nitrogen and oxygen atoms in total. The van der Waals surface area contributed by atoms with Crippen molar-refractivity contribution >= 4 is 23.4 Å². The van der Waals surface area contributed by atoms with Crippen molar-refractivity contribution in [2.24, 2.45) is 5.92 Å². The fraction of sp³-hybridized carbons (Fsp3) is 0.571. The molecule has 2 saturated heterocycles. The van der Waals surface area contributed by atoms with Crippen LogP contribution in [-0.4, -0.2) is 41.8 Å². The molecule has 3 amide bonds. The summed E-state index contributed by atoms with van der Waals surface area (Å²) in [4.78, 5) is 40.0. The van der Waals surface area contributed by atoms with Crippen LogP contribution in [0.1, 0.15) is 62.4 Å². The summed E-state index contributed by atoms with van der Waals surface area (Å²) in [5.41, 5.74) is 1.88. The minimum atomic E-state index is -0.676. The first-order chi connectivity index (χ1) is 13.4. The summed E-state index contributed by atoms with van der Waals surface area (Å²) in [6.45, 7) is 8.16. The molecule has 0 aliphatic carbocycles. The Morgan fingerprint density at radius 3 is 2.39 bits per heavy atom. The van der Waals surface area contributed by atoms with Gasteiger partial charge in [0, 0.05) is 42.9 Å². The Morgan fingerprint density at radius 1 is 1.07 bits per heavy atom. The first-order valence-electron chi connectivity index (χ1n) is 10.2. The highest BCUT2D eigenvalue weighted by Crippen LogP contribution is 2.36. The van der Waals surface area contributed by atoms with Gasteiger partial charge in [-0.15, -0.1) is 0 Å². The number of amides is 3. The van der Waals surface area contributed by atoms with E-state index in [1.165, 1.54) is 17.0 Å². The number of fused-ring (bicyclic) bond motifs is 1. The monoisotopic (exact) mass is 389 g/mol. The topological polar surface area (TPSA) is 69.7 Å². The Morgan fingerprint density at radius 2 is 1.75 bits per heavy atom. The number of nitrogens with one attached hydrogen (secondary N) is 1. The van der Waals surface area contributed by atoms with Gasteiger partial charge in [-0.05, 0) is 37.3 Å². The Bertz CT molecular complexity index is 787. The molecule has 2 fully saturated rings. The summed E-state index contributed by atoms with van der Waals surface area (Å²) in [6.07, 6.45) is 2.59. The van der Waals surface area contributed by atoms with Crippen molar-refractivity contribution in [1.82, 2.24) is 10.2 Å². The molecule has 1 N–H and O–H groups in total. The normalized spacial score (nSPS) is 22.6. The lowest BCUT2D eigenvalue weighted by molar-refractivity contribution is -0.136. The third-order valence-electron chi connectivity index (χ3n) is 5.72. The first kappa shape index (κ1) is 20.3. The van der Waals surface area contributed by atoms with Crippen LogP contribution < -0.4 is 10.2 Å². The number of piperidine rings is 2. The number of hydrogen-bond acceptors (Lipinski definition) is 4. The van der Waals surface area contributed by atoms with E-state index in [1.807, 2.05) is 13.8 Å². The van der Waals surface area contributed by atoms with Gasteiger partial charge >= 0.3 is 0 Å². The van der Waals surface area contributed by atoms with Crippen molar-refractivity contribution < 1.29 is 18.8 Å². The van der Waals surface area contributed by atoms with E-state index < -0.39 is 17.8 Å². The molecule has 0 spiro atoms. The van der Waals surface area contributed by atoms with Crippen LogP contribution in [0.2, 0.25) is 0 Å². The maximum Gasteiger partial charge on any atom is 0.255 e. The van der Waals surface area contributed by atoms with Crippen LogP contribution >= 0.6 is 0 Å². The van der Waals surface area contributed by atoms with Gasteiger partial charge in [0.05, 0.1) is 0 Å². The minimum Gasteiger partial charge on any atom is -0.371 e. The van der Waals surface area contributed by atoms with Gasteiger partial charge in [0.15, 0.2) is 0 Å². The Kier molecular flexibility index (Phi) is 6.01. The van der Waals surface area contributed by atoms with Crippen LogP contribution in [0.4, 0.5) is 10.1 Å². The molecule has 3 heterocycles. The molecule has 4 rings (SSSR count). The number of carbonyl (C=O) groups is 3. The standard InChI is InChI=1S/C19H22FN3O3.C2H6/c1-11-4-6-22(7-5-11)16-9-12(20)8-13-14(16)10-23(19(13)26)15-2-3-17(24)21-18(15)25;1-2/h8-9,11,15H,2-7,10H2,1H3,(H,21,24,25);1-2H3. The van der Waals surface area contributed by atoms with Gasteiger partial charge in [0.25, 0.3) is 5.91 Å². The van der Waals surface area contributed by atoms with E-state index in [0.717, 1.165) is 37.2 Å². The van der Waals surface area contributed by atoms with Crippen molar-refractivity contribution in [2.45, 2.75) is 59.0 Å². The van der Waals surface area contributed by atoms with Crippen molar-refractivity contribution in [1.29, 1.82) is 0 Å². The molecular weight excluding hydrogens is 361 g/mol. The van der Waals surface area contributed by atoms with E-state index in [0.29, 0.717) is 17.9 Å². The molecule has 1 aromatic carbocycles. The summed E-state index contributed by atoms with van der Waals surface area (Å²) in [6, 6.07) is 2.08. The number of rotatable bonds is 2. The van der Waals surface area contributed by atoms with E-state index in [9.17, 15) is 18.8 Å². The maximum atomic E-state index is 14.2. The largest absolute Gasteiger partial charge is 0.371 e. The lowest BCUT2D eigenvalue weighted by atomic mass is 9.97. The number of hydrogen-bond donors (Lipinski definition) is 1. The minimum absolute atomic E-state index is 0.210. The second-order valence-electron chi connectivity index (χ2n) is 7.52. The highest BCUT2D eigenvalue weighted by molar-refractivity contribution is 6.06. The van der Waals surface area contributed by atoms with Gasteiger partial charge in [-0.3, -0.25) is 19.7 Å². The zero-order chi connectivity index (χ0) is 20.4. The van der Waals surface area contributed by atoms with Crippen molar-refractivity contribution in [3.05, 3.63) is 29.1 Å².